The molecule has 1 aliphatic heterocycles. The minimum atomic E-state index is -0.294. The van der Waals surface area contributed by atoms with Gasteiger partial charge in [0.1, 0.15) is 5.82 Å². The number of aryl methyl sites for hydroxylation is 1. The van der Waals surface area contributed by atoms with Crippen LogP contribution in [-0.2, 0) is 9.53 Å². The molecule has 0 amide bonds. The van der Waals surface area contributed by atoms with Gasteiger partial charge in [-0.25, -0.2) is 4.39 Å². The Labute approximate surface area is 248 Å². The molecule has 180 valence electrons. The predicted molar refractivity (Wildman–Crippen MR) is 135 cm³/mol. The van der Waals surface area contributed by atoms with Crippen molar-refractivity contribution < 1.29 is 65.3 Å². The van der Waals surface area contributed by atoms with E-state index in [1.165, 1.54) is 37.0 Å². The van der Waals surface area contributed by atoms with E-state index >= 15 is 0 Å². The van der Waals surface area contributed by atoms with Crippen molar-refractivity contribution in [2.45, 2.75) is 66.7 Å². The van der Waals surface area contributed by atoms with Crippen molar-refractivity contribution in [3.05, 3.63) is 83.3 Å². The molecule has 2 fully saturated rings. The van der Waals surface area contributed by atoms with Gasteiger partial charge in [-0.1, -0.05) is 88.1 Å². The summed E-state index contributed by atoms with van der Waals surface area (Å²) in [6.07, 6.45) is 7.34. The van der Waals surface area contributed by atoms with Crippen LogP contribution in [0, 0.1) is 24.8 Å². The van der Waals surface area contributed by atoms with Gasteiger partial charge in [0.25, 0.3) is 0 Å². The molecule has 0 spiro atoms. The number of halogens is 1. The minimum absolute atomic E-state index is 0. The number of rotatable bonds is 8. The van der Waals surface area contributed by atoms with Crippen LogP contribution in [0.4, 0.5) is 4.39 Å². The van der Waals surface area contributed by atoms with Gasteiger partial charge in [-0.2, -0.15) is 18.9 Å². The van der Waals surface area contributed by atoms with E-state index in [2.05, 4.69) is 39.8 Å². The van der Waals surface area contributed by atoms with Crippen molar-refractivity contribution in [2.24, 2.45) is 5.92 Å². The van der Waals surface area contributed by atoms with Gasteiger partial charge >= 0.3 is 51.4 Å². The first kappa shape index (κ1) is 31.2. The molecule has 34 heavy (non-hydrogen) atoms. The zero-order chi connectivity index (χ0) is 24.2. The number of benzene rings is 2. The Morgan fingerprint density at radius 1 is 1.09 bits per heavy atom. The van der Waals surface area contributed by atoms with Gasteiger partial charge in [0.05, 0.1) is 13.3 Å². The molecule has 1 saturated carbocycles. The molecule has 0 radical (unpaired) electrons. The molecular formula is C29H39FKNO2. The number of hydrogen-bond donors (Lipinski definition) is 0. The maximum atomic E-state index is 12.9. The quantitative estimate of drug-likeness (QED) is 0.234. The summed E-state index contributed by atoms with van der Waals surface area (Å²) in [6, 6.07) is 16.3. The second-order valence-corrected chi connectivity index (χ2v) is 8.85. The largest absolute Gasteiger partial charge is 1.00 e. The first-order valence-electron chi connectivity index (χ1n) is 12.1. The minimum Gasteiger partial charge on any atom is -0.534 e. The molecule has 2 aliphatic rings. The maximum Gasteiger partial charge on any atom is 1.00 e. The van der Waals surface area contributed by atoms with E-state index in [0.717, 1.165) is 42.7 Å². The van der Waals surface area contributed by atoms with Gasteiger partial charge in [0.15, 0.2) is 5.78 Å². The Morgan fingerprint density at radius 2 is 1.71 bits per heavy atom. The first-order chi connectivity index (χ1) is 15.8. The zero-order valence-electron chi connectivity index (χ0n) is 21.9. The summed E-state index contributed by atoms with van der Waals surface area (Å²) in [5.41, 5.74) is 3.75. The molecule has 0 N–H and O–H groups in total. The number of carbonyl (C=O) groups excluding carboxylic acids is 1. The van der Waals surface area contributed by atoms with E-state index < -0.39 is 0 Å². The molecule has 1 unspecified atom stereocenters. The normalized spacial score (nSPS) is 16.1. The van der Waals surface area contributed by atoms with Crippen LogP contribution in [0.2, 0.25) is 0 Å². The Hall–Kier alpha value is -0.824. The summed E-state index contributed by atoms with van der Waals surface area (Å²) in [7, 11) is 0. The SMILES string of the molecule is CC(=O)/C(=C1\CN1CO[C-]1CC1)c1ccc(F)cc1.CCCC(C)CC.Cc1ccccc1.[K+]. The van der Waals surface area contributed by atoms with Crippen LogP contribution in [0.5, 0.6) is 0 Å². The fraction of sp³-hybridized carbons (Fsp3) is 0.448. The number of allylic oxidation sites excluding steroid dienone is 1. The van der Waals surface area contributed by atoms with Crippen LogP contribution >= 0.6 is 0 Å². The van der Waals surface area contributed by atoms with Crippen LogP contribution in [0.1, 0.15) is 70.9 Å². The summed E-state index contributed by atoms with van der Waals surface area (Å²) < 4.78 is 18.5. The van der Waals surface area contributed by atoms with Gasteiger partial charge in [-0.15, -0.1) is 0 Å². The van der Waals surface area contributed by atoms with Gasteiger partial charge < -0.3 is 9.64 Å². The number of carbonyl (C=O) groups is 1. The third-order valence-corrected chi connectivity index (χ3v) is 5.69. The molecule has 1 saturated heterocycles. The molecule has 3 nitrogen and oxygen atoms in total. The average molecular weight is 492 g/mol. The molecule has 1 atom stereocenters. The molecule has 2 aromatic rings. The van der Waals surface area contributed by atoms with Gasteiger partial charge in [-0.3, -0.25) is 4.79 Å². The Morgan fingerprint density at radius 3 is 2.12 bits per heavy atom. The molecule has 2 aromatic carbocycles. The summed E-state index contributed by atoms with van der Waals surface area (Å²) in [5.74, 6) is 0.658. The molecule has 1 aliphatic carbocycles. The summed E-state index contributed by atoms with van der Waals surface area (Å²) >= 11 is 0. The number of nitrogens with zero attached hydrogens (tertiary/aromatic N) is 1. The summed E-state index contributed by atoms with van der Waals surface area (Å²) in [6.45, 7) is 11.7. The number of ketones is 1. The maximum absolute atomic E-state index is 12.9. The van der Waals surface area contributed by atoms with Gasteiger partial charge in [-0.05, 0) is 37.5 Å². The van der Waals surface area contributed by atoms with E-state index in [1.54, 1.807) is 19.1 Å². The Balaban J connectivity index is 0.000000320. The molecule has 4 rings (SSSR count). The summed E-state index contributed by atoms with van der Waals surface area (Å²) in [5, 5.41) is 0. The first-order valence-corrected chi connectivity index (χ1v) is 12.1. The van der Waals surface area contributed by atoms with Crippen LogP contribution < -0.4 is 51.4 Å². The number of hydrogen-bond acceptors (Lipinski definition) is 3. The van der Waals surface area contributed by atoms with Crippen LogP contribution in [-0.4, -0.2) is 24.0 Å². The number of ether oxygens (including phenoxy) is 1. The molecule has 0 bridgehead atoms. The van der Waals surface area contributed by atoms with Gasteiger partial charge in [0, 0.05) is 11.3 Å². The monoisotopic (exact) mass is 491 g/mol. The van der Waals surface area contributed by atoms with E-state index in [1.807, 2.05) is 23.1 Å². The Kier molecular flexibility index (Phi) is 15.4. The third kappa shape index (κ3) is 12.2. The van der Waals surface area contributed by atoms with E-state index in [0.29, 0.717) is 12.3 Å². The summed E-state index contributed by atoms with van der Waals surface area (Å²) in [4.78, 5) is 13.8. The average Bonchev–Trinajstić information content (AvgIpc) is 3.72. The van der Waals surface area contributed by atoms with Crippen molar-refractivity contribution in [1.29, 1.82) is 0 Å². The number of Topliss-reactive ketones (excluding diaryl/α,β-unsaturated/α-hetero) is 1. The third-order valence-electron chi connectivity index (χ3n) is 5.69. The van der Waals surface area contributed by atoms with Crippen LogP contribution in [0.25, 0.3) is 5.57 Å². The van der Waals surface area contributed by atoms with Crippen LogP contribution in [0.3, 0.4) is 0 Å². The molecule has 5 heteroatoms. The van der Waals surface area contributed by atoms with Crippen molar-refractivity contribution in [1.82, 2.24) is 4.90 Å². The van der Waals surface area contributed by atoms with Crippen molar-refractivity contribution in [3.8, 4) is 0 Å². The van der Waals surface area contributed by atoms with Crippen molar-refractivity contribution >= 4 is 11.4 Å². The topological polar surface area (TPSA) is 29.3 Å². The smallest absolute Gasteiger partial charge is 0.534 e. The molecule has 0 aromatic heterocycles. The van der Waals surface area contributed by atoms with E-state index in [-0.39, 0.29) is 63.0 Å². The predicted octanol–water partition coefficient (Wildman–Crippen LogP) is 4.57. The van der Waals surface area contributed by atoms with Crippen LogP contribution in [0.15, 0.2) is 60.3 Å². The van der Waals surface area contributed by atoms with Crippen molar-refractivity contribution in [2.75, 3.05) is 13.3 Å². The molecule has 1 heterocycles. The molecular weight excluding hydrogens is 452 g/mol. The second-order valence-electron chi connectivity index (χ2n) is 8.85. The van der Waals surface area contributed by atoms with E-state index in [4.69, 9.17) is 4.74 Å². The van der Waals surface area contributed by atoms with Crippen molar-refractivity contribution in [3.63, 3.8) is 0 Å². The Bertz CT molecular complexity index is 879. The van der Waals surface area contributed by atoms with Gasteiger partial charge in [0.2, 0.25) is 0 Å². The fourth-order valence-electron chi connectivity index (χ4n) is 3.29. The zero-order valence-corrected chi connectivity index (χ0v) is 25.0. The standard InChI is InChI=1S/C15H15FNO2.C7H8.C7H16.K/c1-10(18)15(11-2-4-12(16)5-3-11)14-8-17(14)9-19-13-6-7-13;1-7-5-3-2-4-6-7;1-4-6-7(3)5-2;/h2-5H,6-9H2,1H3;2-6H,1H3;7H,4-6H2,1-3H3;/q-1;;;+1/b15-14-;;;. The second kappa shape index (κ2) is 16.8. The van der Waals surface area contributed by atoms with E-state index in [9.17, 15) is 9.18 Å². The fourth-order valence-corrected chi connectivity index (χ4v) is 3.29.